The maximum absolute atomic E-state index is 11.4. The first kappa shape index (κ1) is 22.1. The van der Waals surface area contributed by atoms with Gasteiger partial charge in [-0.15, -0.1) is 0 Å². The fourth-order valence-electron chi connectivity index (χ4n) is 2.67. The molecule has 8 nitrogen and oxygen atoms in total. The first-order chi connectivity index (χ1) is 11.9. The van der Waals surface area contributed by atoms with Crippen LogP contribution >= 0.6 is 0 Å². The molecule has 1 unspecified atom stereocenters. The van der Waals surface area contributed by atoms with Gasteiger partial charge in [0, 0.05) is 38.8 Å². The summed E-state index contributed by atoms with van der Waals surface area (Å²) in [4.78, 5) is 7.14. The van der Waals surface area contributed by atoms with Crippen molar-refractivity contribution in [1.82, 2.24) is 20.3 Å². The zero-order chi connectivity index (χ0) is 18.7. The van der Waals surface area contributed by atoms with Crippen LogP contribution in [-0.2, 0) is 14.8 Å². The van der Waals surface area contributed by atoms with Crippen LogP contribution < -0.4 is 15.4 Å². The summed E-state index contributed by atoms with van der Waals surface area (Å²) in [6, 6.07) is 0.373. The van der Waals surface area contributed by atoms with E-state index in [1.165, 1.54) is 0 Å². The van der Waals surface area contributed by atoms with Gasteiger partial charge in [-0.3, -0.25) is 9.89 Å². The molecule has 0 saturated carbocycles. The summed E-state index contributed by atoms with van der Waals surface area (Å²) >= 11 is 0. The topological polar surface area (TPSA) is 95.1 Å². The highest BCUT2D eigenvalue weighted by molar-refractivity contribution is 7.89. The number of aliphatic imine (C=N–C) groups is 1. The minimum atomic E-state index is -3.15. The van der Waals surface area contributed by atoms with E-state index >= 15 is 0 Å². The molecule has 0 aromatic carbocycles. The second kappa shape index (κ2) is 11.7. The van der Waals surface area contributed by atoms with Gasteiger partial charge < -0.3 is 15.4 Å². The van der Waals surface area contributed by atoms with E-state index in [-0.39, 0.29) is 5.75 Å². The van der Waals surface area contributed by atoms with Crippen molar-refractivity contribution >= 4 is 16.0 Å². The smallest absolute Gasteiger partial charge is 0.211 e. The molecule has 148 valence electrons. The molecular weight excluding hydrogens is 342 g/mol. The van der Waals surface area contributed by atoms with Gasteiger partial charge in [0.1, 0.15) is 0 Å². The monoisotopic (exact) mass is 377 g/mol. The number of nitrogens with zero attached hydrogens (tertiary/aromatic N) is 2. The van der Waals surface area contributed by atoms with E-state index in [2.05, 4.69) is 34.1 Å². The Bertz CT molecular complexity index is 490. The van der Waals surface area contributed by atoms with E-state index in [0.29, 0.717) is 31.6 Å². The van der Waals surface area contributed by atoms with Crippen LogP contribution in [0.25, 0.3) is 0 Å². The molecule has 25 heavy (non-hydrogen) atoms. The van der Waals surface area contributed by atoms with Gasteiger partial charge >= 0.3 is 0 Å². The third kappa shape index (κ3) is 8.84. The zero-order valence-electron chi connectivity index (χ0n) is 16.0. The number of rotatable bonds is 10. The molecule has 1 fully saturated rings. The number of morpholine rings is 1. The molecular formula is C16H35N5O3S. The number of nitrogens with one attached hydrogen (secondary N) is 3. The van der Waals surface area contributed by atoms with Gasteiger partial charge in [-0.05, 0) is 19.8 Å². The molecule has 0 aromatic rings. The van der Waals surface area contributed by atoms with Crippen LogP contribution in [0.5, 0.6) is 0 Å². The third-order valence-electron chi connectivity index (χ3n) is 4.18. The van der Waals surface area contributed by atoms with Crippen LogP contribution in [0, 0.1) is 5.92 Å². The summed E-state index contributed by atoms with van der Waals surface area (Å²) in [6.45, 7) is 13.8. The van der Waals surface area contributed by atoms with Gasteiger partial charge in [-0.1, -0.05) is 13.8 Å². The van der Waals surface area contributed by atoms with Gasteiger partial charge in [-0.25, -0.2) is 13.1 Å². The van der Waals surface area contributed by atoms with E-state index in [0.717, 1.165) is 38.8 Å². The van der Waals surface area contributed by atoms with E-state index in [1.807, 2.05) is 6.92 Å². The Morgan fingerprint density at radius 3 is 2.40 bits per heavy atom. The van der Waals surface area contributed by atoms with Crippen LogP contribution in [-0.4, -0.2) is 83.6 Å². The first-order valence-corrected chi connectivity index (χ1v) is 10.9. The molecule has 0 aliphatic carbocycles. The highest BCUT2D eigenvalue weighted by Crippen LogP contribution is 2.13. The Morgan fingerprint density at radius 2 is 1.84 bits per heavy atom. The molecule has 1 saturated heterocycles. The third-order valence-corrected chi connectivity index (χ3v) is 5.59. The summed E-state index contributed by atoms with van der Waals surface area (Å²) in [7, 11) is -3.15. The van der Waals surface area contributed by atoms with E-state index < -0.39 is 10.0 Å². The van der Waals surface area contributed by atoms with Gasteiger partial charge in [0.2, 0.25) is 10.0 Å². The van der Waals surface area contributed by atoms with Gasteiger partial charge in [0.25, 0.3) is 0 Å². The summed E-state index contributed by atoms with van der Waals surface area (Å²) in [5.74, 6) is 1.31. The molecule has 0 spiro atoms. The highest BCUT2D eigenvalue weighted by Gasteiger charge is 2.23. The summed E-state index contributed by atoms with van der Waals surface area (Å²) in [6.07, 6.45) is 0. The van der Waals surface area contributed by atoms with Crippen LogP contribution in [0.15, 0.2) is 4.99 Å². The first-order valence-electron chi connectivity index (χ1n) is 9.21. The lowest BCUT2D eigenvalue weighted by Gasteiger charge is -2.36. The fraction of sp³-hybridized carbons (Fsp3) is 0.938. The summed E-state index contributed by atoms with van der Waals surface area (Å²) in [5, 5.41) is 6.39. The minimum Gasteiger partial charge on any atom is -0.379 e. The van der Waals surface area contributed by atoms with Crippen molar-refractivity contribution in [1.29, 1.82) is 0 Å². The molecule has 0 bridgehead atoms. The minimum absolute atomic E-state index is 0.0940. The van der Waals surface area contributed by atoms with Crippen molar-refractivity contribution in [2.75, 3.05) is 58.2 Å². The van der Waals surface area contributed by atoms with Gasteiger partial charge in [0.15, 0.2) is 5.96 Å². The van der Waals surface area contributed by atoms with Crippen molar-refractivity contribution in [2.24, 2.45) is 10.9 Å². The Labute approximate surface area is 152 Å². The highest BCUT2D eigenvalue weighted by atomic mass is 32.2. The Balaban J connectivity index is 2.53. The number of hydrogen-bond acceptors (Lipinski definition) is 5. The van der Waals surface area contributed by atoms with Gasteiger partial charge in [-0.2, -0.15) is 0 Å². The van der Waals surface area contributed by atoms with E-state index in [9.17, 15) is 8.42 Å². The number of hydrogen-bond donors (Lipinski definition) is 3. The van der Waals surface area contributed by atoms with Crippen molar-refractivity contribution in [2.45, 2.75) is 33.7 Å². The van der Waals surface area contributed by atoms with Crippen molar-refractivity contribution < 1.29 is 13.2 Å². The van der Waals surface area contributed by atoms with Crippen molar-refractivity contribution in [3.05, 3.63) is 0 Å². The quantitative estimate of drug-likeness (QED) is 0.278. The average Bonchev–Trinajstić information content (AvgIpc) is 2.59. The zero-order valence-corrected chi connectivity index (χ0v) is 16.9. The Kier molecular flexibility index (Phi) is 10.3. The largest absolute Gasteiger partial charge is 0.379 e. The SMILES string of the molecule is CCNC(=NCC(C(C)C)N1CCOCC1)NCCNS(=O)(=O)CC. The molecule has 3 N–H and O–H groups in total. The van der Waals surface area contributed by atoms with Gasteiger partial charge in [0.05, 0.1) is 25.5 Å². The normalized spacial score (nSPS) is 18.4. The molecule has 0 aromatic heterocycles. The van der Waals surface area contributed by atoms with E-state index in [4.69, 9.17) is 9.73 Å². The Hall–Kier alpha value is -0.900. The second-order valence-corrected chi connectivity index (χ2v) is 8.50. The lowest BCUT2D eigenvalue weighted by Crippen LogP contribution is -2.48. The van der Waals surface area contributed by atoms with E-state index in [1.54, 1.807) is 6.92 Å². The number of sulfonamides is 1. The van der Waals surface area contributed by atoms with Crippen molar-refractivity contribution in [3.63, 3.8) is 0 Å². The number of ether oxygens (including phenoxy) is 1. The maximum atomic E-state index is 11.4. The standard InChI is InChI=1S/C16H35N5O3S/c1-5-17-16(18-7-8-20-25(22,23)6-2)19-13-15(14(3)4)21-9-11-24-12-10-21/h14-15,20H,5-13H2,1-4H3,(H2,17,18,19). The van der Waals surface area contributed by atoms with Crippen LogP contribution in [0.2, 0.25) is 0 Å². The number of guanidine groups is 1. The molecule has 1 heterocycles. The predicted octanol–water partition coefficient (Wildman–Crippen LogP) is -0.162. The molecule has 1 aliphatic rings. The molecule has 1 atom stereocenters. The van der Waals surface area contributed by atoms with Crippen LogP contribution in [0.1, 0.15) is 27.7 Å². The maximum Gasteiger partial charge on any atom is 0.211 e. The molecule has 0 amide bonds. The van der Waals surface area contributed by atoms with Crippen LogP contribution in [0.4, 0.5) is 0 Å². The summed E-state index contributed by atoms with van der Waals surface area (Å²) < 4.78 is 30.9. The lowest BCUT2D eigenvalue weighted by atomic mass is 10.0. The van der Waals surface area contributed by atoms with Crippen LogP contribution in [0.3, 0.4) is 0 Å². The van der Waals surface area contributed by atoms with Crippen molar-refractivity contribution in [3.8, 4) is 0 Å². The molecule has 1 rings (SSSR count). The molecule has 0 radical (unpaired) electrons. The molecule has 9 heteroatoms. The fourth-order valence-corrected chi connectivity index (χ4v) is 3.29. The predicted molar refractivity (Wildman–Crippen MR) is 102 cm³/mol. The lowest BCUT2D eigenvalue weighted by molar-refractivity contribution is 0.00867. The molecule has 1 aliphatic heterocycles. The average molecular weight is 378 g/mol. The Morgan fingerprint density at radius 1 is 1.16 bits per heavy atom. The summed E-state index contributed by atoms with van der Waals surface area (Å²) in [5.41, 5.74) is 0. The second-order valence-electron chi connectivity index (χ2n) is 6.40.